The minimum Gasteiger partial charge on any atom is -0.389 e. The lowest BCUT2D eigenvalue weighted by molar-refractivity contribution is -0.116. The second-order valence-corrected chi connectivity index (χ2v) is 5.86. The Balaban J connectivity index is 3.70. The first-order valence-electron chi connectivity index (χ1n) is 9.27. The quantitative estimate of drug-likeness (QED) is 0.309. The lowest BCUT2D eigenvalue weighted by Gasteiger charge is -1.98. The van der Waals surface area contributed by atoms with E-state index in [-0.39, 0.29) is 5.78 Å². The molecule has 1 N–H and O–H groups in total. The molecule has 0 aromatic heterocycles. The van der Waals surface area contributed by atoms with Crippen LogP contribution in [0.4, 0.5) is 0 Å². The van der Waals surface area contributed by atoms with E-state index < -0.39 is 6.10 Å². The third-order valence-electron chi connectivity index (χ3n) is 3.34. The van der Waals surface area contributed by atoms with Crippen molar-refractivity contribution in [2.24, 2.45) is 0 Å². The van der Waals surface area contributed by atoms with Crippen LogP contribution in [0.1, 0.15) is 58.8 Å². The van der Waals surface area contributed by atoms with Crippen LogP contribution < -0.4 is 0 Å². The van der Waals surface area contributed by atoms with Gasteiger partial charge in [-0.15, -0.1) is 0 Å². The standard InChI is InChI=1S/C23H34O2/c1-3-4-5-6-10-14-17-20-23(25)21-18-15-12-9-7-8-11-13-16-19-22(2)24/h4-5,7,9-11,13-15,17-18,20,23,25H,3,6,8,12,16,19,21H2,1-2H3/b5-4-,9-7-,13-11-,14-10-,18-15-,20-17+/t23-/m0/s1. The second kappa shape index (κ2) is 18.4. The van der Waals surface area contributed by atoms with Gasteiger partial charge in [0.25, 0.3) is 0 Å². The van der Waals surface area contributed by atoms with Crippen LogP contribution in [0.2, 0.25) is 0 Å². The number of hydrogen-bond donors (Lipinski definition) is 1. The van der Waals surface area contributed by atoms with E-state index in [0.717, 1.165) is 32.1 Å². The number of allylic oxidation sites excluding steroid dienone is 10. The summed E-state index contributed by atoms with van der Waals surface area (Å²) >= 11 is 0. The molecule has 138 valence electrons. The number of carbonyl (C=O) groups excluding carboxylic acids is 1. The van der Waals surface area contributed by atoms with Crippen molar-refractivity contribution in [1.29, 1.82) is 0 Å². The number of aliphatic hydroxyl groups is 1. The van der Waals surface area contributed by atoms with Gasteiger partial charge in [-0.05, 0) is 45.4 Å². The first-order chi connectivity index (χ1) is 12.2. The van der Waals surface area contributed by atoms with Crippen LogP contribution >= 0.6 is 0 Å². The van der Waals surface area contributed by atoms with Gasteiger partial charge in [0.15, 0.2) is 0 Å². The molecule has 0 rings (SSSR count). The highest BCUT2D eigenvalue weighted by atomic mass is 16.3. The van der Waals surface area contributed by atoms with Crippen molar-refractivity contribution in [2.75, 3.05) is 0 Å². The fraction of sp³-hybridized carbons (Fsp3) is 0.435. The molecular weight excluding hydrogens is 308 g/mol. The van der Waals surface area contributed by atoms with E-state index in [1.165, 1.54) is 0 Å². The average molecular weight is 343 g/mol. The fourth-order valence-corrected chi connectivity index (χ4v) is 1.95. The van der Waals surface area contributed by atoms with Crippen LogP contribution in [-0.2, 0) is 4.79 Å². The summed E-state index contributed by atoms with van der Waals surface area (Å²) in [7, 11) is 0. The number of Topliss-reactive ketones (excluding diaryl/α,β-unsaturated/α-hetero) is 1. The van der Waals surface area contributed by atoms with E-state index in [9.17, 15) is 9.90 Å². The van der Waals surface area contributed by atoms with Crippen LogP contribution in [0.3, 0.4) is 0 Å². The van der Waals surface area contributed by atoms with Crippen molar-refractivity contribution in [3.8, 4) is 0 Å². The van der Waals surface area contributed by atoms with Crippen LogP contribution in [-0.4, -0.2) is 17.0 Å². The molecule has 0 saturated heterocycles. The molecule has 1 atom stereocenters. The van der Waals surface area contributed by atoms with E-state index in [0.29, 0.717) is 12.8 Å². The summed E-state index contributed by atoms with van der Waals surface area (Å²) in [6, 6.07) is 0. The average Bonchev–Trinajstić information content (AvgIpc) is 2.58. The highest BCUT2D eigenvalue weighted by molar-refractivity contribution is 5.75. The van der Waals surface area contributed by atoms with Crippen molar-refractivity contribution >= 4 is 5.78 Å². The van der Waals surface area contributed by atoms with E-state index in [1.807, 2.05) is 24.3 Å². The summed E-state index contributed by atoms with van der Waals surface area (Å²) in [5, 5.41) is 9.82. The maximum absolute atomic E-state index is 10.8. The molecule has 0 aromatic carbocycles. The van der Waals surface area contributed by atoms with Crippen molar-refractivity contribution in [3.05, 3.63) is 72.9 Å². The maximum atomic E-state index is 10.8. The zero-order valence-electron chi connectivity index (χ0n) is 15.8. The van der Waals surface area contributed by atoms with Gasteiger partial charge in [0.1, 0.15) is 5.78 Å². The molecule has 0 aromatic rings. The zero-order chi connectivity index (χ0) is 18.6. The van der Waals surface area contributed by atoms with E-state index in [1.54, 1.807) is 6.92 Å². The van der Waals surface area contributed by atoms with Crippen LogP contribution in [0.5, 0.6) is 0 Å². The van der Waals surface area contributed by atoms with Crippen LogP contribution in [0, 0.1) is 0 Å². The Morgan fingerprint density at radius 1 is 0.840 bits per heavy atom. The van der Waals surface area contributed by atoms with Gasteiger partial charge in [-0.1, -0.05) is 79.8 Å². The van der Waals surface area contributed by atoms with Gasteiger partial charge in [-0.25, -0.2) is 0 Å². The third kappa shape index (κ3) is 20.0. The van der Waals surface area contributed by atoms with Crippen LogP contribution in [0.25, 0.3) is 0 Å². The maximum Gasteiger partial charge on any atom is 0.130 e. The largest absolute Gasteiger partial charge is 0.389 e. The Morgan fingerprint density at radius 2 is 1.44 bits per heavy atom. The van der Waals surface area contributed by atoms with Gasteiger partial charge in [-0.2, -0.15) is 0 Å². The lowest BCUT2D eigenvalue weighted by atomic mass is 10.2. The van der Waals surface area contributed by atoms with Crippen LogP contribution in [0.15, 0.2) is 72.9 Å². The molecule has 0 aliphatic rings. The number of aliphatic hydroxyl groups excluding tert-OH is 1. The van der Waals surface area contributed by atoms with E-state index >= 15 is 0 Å². The SMILES string of the molecule is CC/C=C\C/C=C\C=C\[C@H](O)C/C=C\C/C=C\C/C=C\CCC(C)=O. The minimum absolute atomic E-state index is 0.238. The van der Waals surface area contributed by atoms with Gasteiger partial charge in [0, 0.05) is 6.42 Å². The molecular formula is C23H34O2. The summed E-state index contributed by atoms with van der Waals surface area (Å²) in [5.74, 6) is 0.238. The molecule has 0 bridgehead atoms. The van der Waals surface area contributed by atoms with Gasteiger partial charge in [0.05, 0.1) is 6.10 Å². The summed E-state index contributed by atoms with van der Waals surface area (Å²) in [5.41, 5.74) is 0. The molecule has 0 aliphatic carbocycles. The topological polar surface area (TPSA) is 37.3 Å². The molecule has 0 amide bonds. The highest BCUT2D eigenvalue weighted by Crippen LogP contribution is 1.99. The van der Waals surface area contributed by atoms with E-state index in [2.05, 4.69) is 55.5 Å². The highest BCUT2D eigenvalue weighted by Gasteiger charge is 1.92. The number of hydrogen-bond acceptors (Lipinski definition) is 2. The van der Waals surface area contributed by atoms with Crippen molar-refractivity contribution in [2.45, 2.75) is 64.9 Å². The van der Waals surface area contributed by atoms with Gasteiger partial charge in [-0.3, -0.25) is 0 Å². The summed E-state index contributed by atoms with van der Waals surface area (Å²) in [4.78, 5) is 10.8. The number of rotatable bonds is 14. The predicted molar refractivity (Wildman–Crippen MR) is 110 cm³/mol. The number of ketones is 1. The first-order valence-corrected chi connectivity index (χ1v) is 9.27. The third-order valence-corrected chi connectivity index (χ3v) is 3.34. The molecule has 0 saturated carbocycles. The molecule has 2 nitrogen and oxygen atoms in total. The monoisotopic (exact) mass is 342 g/mol. The van der Waals surface area contributed by atoms with Gasteiger partial charge < -0.3 is 9.90 Å². The summed E-state index contributed by atoms with van der Waals surface area (Å²) in [6.45, 7) is 3.74. The molecule has 0 aliphatic heterocycles. The molecule has 25 heavy (non-hydrogen) atoms. The molecule has 0 heterocycles. The molecule has 0 spiro atoms. The Labute approximate surface area is 154 Å². The van der Waals surface area contributed by atoms with E-state index in [4.69, 9.17) is 0 Å². The van der Waals surface area contributed by atoms with Crippen molar-refractivity contribution in [1.82, 2.24) is 0 Å². The lowest BCUT2D eigenvalue weighted by Crippen LogP contribution is -1.98. The van der Waals surface area contributed by atoms with Crippen molar-refractivity contribution < 1.29 is 9.90 Å². The second-order valence-electron chi connectivity index (χ2n) is 5.86. The summed E-state index contributed by atoms with van der Waals surface area (Å²) < 4.78 is 0. The Bertz CT molecular complexity index is 490. The molecule has 0 fully saturated rings. The van der Waals surface area contributed by atoms with Gasteiger partial charge in [0.2, 0.25) is 0 Å². The molecule has 0 unspecified atom stereocenters. The summed E-state index contributed by atoms with van der Waals surface area (Å²) in [6.07, 6.45) is 29.9. The zero-order valence-corrected chi connectivity index (χ0v) is 15.8. The minimum atomic E-state index is -0.430. The first kappa shape index (κ1) is 23.1. The predicted octanol–water partition coefficient (Wildman–Crippen LogP) is 6.02. The Morgan fingerprint density at radius 3 is 2.12 bits per heavy atom. The number of carbonyl (C=O) groups is 1. The molecule has 2 heteroatoms. The molecule has 0 radical (unpaired) electrons. The van der Waals surface area contributed by atoms with Crippen molar-refractivity contribution in [3.63, 3.8) is 0 Å². The smallest absolute Gasteiger partial charge is 0.130 e. The normalized spacial score (nSPS) is 14.4. The van der Waals surface area contributed by atoms with Gasteiger partial charge >= 0.3 is 0 Å². The Hall–Kier alpha value is -1.93. The fourth-order valence-electron chi connectivity index (χ4n) is 1.95. The Kier molecular flexibility index (Phi) is 17.0.